The maximum atomic E-state index is 12.0. The molecule has 6 heteroatoms. The number of amides is 1. The van der Waals surface area contributed by atoms with E-state index in [4.69, 9.17) is 0 Å². The summed E-state index contributed by atoms with van der Waals surface area (Å²) in [7, 11) is 0. The van der Waals surface area contributed by atoms with Crippen molar-refractivity contribution in [3.63, 3.8) is 0 Å². The molecule has 0 heterocycles. The van der Waals surface area contributed by atoms with Crippen LogP contribution in [-0.4, -0.2) is 28.1 Å². The number of carbonyl (C=O) groups excluding carboxylic acids is 1. The van der Waals surface area contributed by atoms with Gasteiger partial charge in [0.05, 0.1) is 10.5 Å². The molecule has 0 bridgehead atoms. The van der Waals surface area contributed by atoms with E-state index in [0.29, 0.717) is 5.56 Å². The predicted molar refractivity (Wildman–Crippen MR) is 75.6 cm³/mol. The van der Waals surface area contributed by atoms with Crippen LogP contribution in [-0.2, 0) is 0 Å². The fraction of sp³-hybridized carbons (Fsp3) is 0.500. The van der Waals surface area contributed by atoms with Gasteiger partial charge in [0.25, 0.3) is 11.6 Å². The van der Waals surface area contributed by atoms with Gasteiger partial charge in [-0.3, -0.25) is 14.9 Å². The number of non-ortho nitro benzene ring substituents is 1. The van der Waals surface area contributed by atoms with Gasteiger partial charge in [-0.2, -0.15) is 0 Å². The Hall–Kier alpha value is -1.95. The maximum Gasteiger partial charge on any atom is 0.270 e. The topological polar surface area (TPSA) is 92.5 Å². The number of nitro groups is 1. The second kappa shape index (κ2) is 6.00. The first-order valence-corrected chi connectivity index (χ1v) is 6.40. The fourth-order valence-corrected chi connectivity index (χ4v) is 1.56. The van der Waals surface area contributed by atoms with E-state index in [1.54, 1.807) is 19.9 Å². The van der Waals surface area contributed by atoms with Gasteiger partial charge in [-0.05, 0) is 31.4 Å². The van der Waals surface area contributed by atoms with Gasteiger partial charge in [0.2, 0.25) is 0 Å². The normalized spacial score (nSPS) is 13.9. The van der Waals surface area contributed by atoms with Gasteiger partial charge in [0.1, 0.15) is 0 Å². The molecule has 0 aliphatic carbocycles. The quantitative estimate of drug-likeness (QED) is 0.637. The summed E-state index contributed by atoms with van der Waals surface area (Å²) < 4.78 is 0. The van der Waals surface area contributed by atoms with E-state index in [2.05, 4.69) is 5.32 Å². The molecule has 1 atom stereocenters. The molecule has 2 N–H and O–H groups in total. The number of nitrogens with one attached hydrogen (secondary N) is 1. The average molecular weight is 280 g/mol. The number of nitrogens with zero attached hydrogens (tertiary/aromatic N) is 1. The summed E-state index contributed by atoms with van der Waals surface area (Å²) in [6.07, 6.45) is 0. The Bertz CT molecular complexity index is 524. The Kier molecular flexibility index (Phi) is 4.83. The van der Waals surface area contributed by atoms with Crippen molar-refractivity contribution in [2.24, 2.45) is 5.92 Å². The third-order valence-corrected chi connectivity index (χ3v) is 3.39. The zero-order valence-corrected chi connectivity index (χ0v) is 12.1. The van der Waals surface area contributed by atoms with Gasteiger partial charge in [-0.1, -0.05) is 13.8 Å². The number of carbonyl (C=O) groups is 1. The monoisotopic (exact) mass is 280 g/mol. The third kappa shape index (κ3) is 4.03. The number of aliphatic hydroxyl groups is 1. The van der Waals surface area contributed by atoms with Gasteiger partial charge in [0, 0.05) is 24.2 Å². The van der Waals surface area contributed by atoms with Gasteiger partial charge in [0.15, 0.2) is 0 Å². The lowest BCUT2D eigenvalue weighted by Crippen LogP contribution is -2.44. The van der Waals surface area contributed by atoms with E-state index in [-0.39, 0.29) is 23.7 Å². The molecule has 1 aromatic rings. The molecule has 0 aliphatic rings. The van der Waals surface area contributed by atoms with Crippen molar-refractivity contribution in [3.05, 3.63) is 39.4 Å². The SMILES string of the molecule is Cc1cc(C(=O)NCC(C)(O)C(C)C)cc([N+](=O)[O-])c1. The van der Waals surface area contributed by atoms with Crippen molar-refractivity contribution in [1.82, 2.24) is 5.32 Å². The van der Waals surface area contributed by atoms with Gasteiger partial charge < -0.3 is 10.4 Å². The lowest BCUT2D eigenvalue weighted by Gasteiger charge is -2.27. The van der Waals surface area contributed by atoms with E-state index in [1.165, 1.54) is 12.1 Å². The van der Waals surface area contributed by atoms with Crippen molar-refractivity contribution < 1.29 is 14.8 Å². The molecule has 1 unspecified atom stereocenters. The average Bonchev–Trinajstić information content (AvgIpc) is 2.35. The molecule has 1 aromatic carbocycles. The minimum Gasteiger partial charge on any atom is -0.388 e. The van der Waals surface area contributed by atoms with Gasteiger partial charge in [-0.25, -0.2) is 0 Å². The van der Waals surface area contributed by atoms with Crippen molar-refractivity contribution in [2.45, 2.75) is 33.3 Å². The number of hydrogen-bond donors (Lipinski definition) is 2. The third-order valence-electron chi connectivity index (χ3n) is 3.39. The summed E-state index contributed by atoms with van der Waals surface area (Å²) in [5, 5.41) is 23.4. The summed E-state index contributed by atoms with van der Waals surface area (Å²) in [4.78, 5) is 22.2. The maximum absolute atomic E-state index is 12.0. The summed E-state index contributed by atoms with van der Waals surface area (Å²) in [6, 6.07) is 4.21. The molecule has 110 valence electrons. The van der Waals surface area contributed by atoms with Crippen LogP contribution in [0.3, 0.4) is 0 Å². The van der Waals surface area contributed by atoms with Crippen LogP contribution in [0.1, 0.15) is 36.7 Å². The first-order chi connectivity index (χ1) is 9.13. The lowest BCUT2D eigenvalue weighted by molar-refractivity contribution is -0.384. The molecular weight excluding hydrogens is 260 g/mol. The molecule has 0 radical (unpaired) electrons. The highest BCUT2D eigenvalue weighted by Crippen LogP contribution is 2.18. The zero-order valence-electron chi connectivity index (χ0n) is 12.1. The molecule has 6 nitrogen and oxygen atoms in total. The van der Waals surface area contributed by atoms with E-state index in [9.17, 15) is 20.0 Å². The smallest absolute Gasteiger partial charge is 0.270 e. The molecule has 0 saturated carbocycles. The molecule has 20 heavy (non-hydrogen) atoms. The Balaban J connectivity index is 2.86. The Morgan fingerprint density at radius 3 is 2.55 bits per heavy atom. The zero-order chi connectivity index (χ0) is 15.5. The molecule has 0 saturated heterocycles. The van der Waals surface area contributed by atoms with Crippen LogP contribution >= 0.6 is 0 Å². The summed E-state index contributed by atoms with van der Waals surface area (Å²) >= 11 is 0. The van der Waals surface area contributed by atoms with Crippen molar-refractivity contribution >= 4 is 11.6 Å². The van der Waals surface area contributed by atoms with Crippen molar-refractivity contribution in [2.75, 3.05) is 6.54 Å². The number of rotatable bonds is 5. The van der Waals surface area contributed by atoms with Crippen LogP contribution < -0.4 is 5.32 Å². The number of aryl methyl sites for hydroxylation is 1. The Morgan fingerprint density at radius 2 is 2.05 bits per heavy atom. The largest absolute Gasteiger partial charge is 0.388 e. The van der Waals surface area contributed by atoms with Crippen LogP contribution in [0.15, 0.2) is 18.2 Å². The van der Waals surface area contributed by atoms with Crippen LogP contribution in [0, 0.1) is 23.0 Å². The van der Waals surface area contributed by atoms with Crippen LogP contribution in [0.5, 0.6) is 0 Å². The molecule has 0 aromatic heterocycles. The van der Waals surface area contributed by atoms with E-state index in [1.807, 2.05) is 13.8 Å². The van der Waals surface area contributed by atoms with E-state index in [0.717, 1.165) is 0 Å². The second-order valence-electron chi connectivity index (χ2n) is 5.51. The van der Waals surface area contributed by atoms with Crippen LogP contribution in [0.25, 0.3) is 0 Å². The number of hydrogen-bond acceptors (Lipinski definition) is 4. The molecular formula is C14H20N2O4. The van der Waals surface area contributed by atoms with Crippen LogP contribution in [0.2, 0.25) is 0 Å². The highest BCUT2D eigenvalue weighted by molar-refractivity contribution is 5.95. The first-order valence-electron chi connectivity index (χ1n) is 6.40. The molecule has 1 rings (SSSR count). The second-order valence-corrected chi connectivity index (χ2v) is 5.51. The highest BCUT2D eigenvalue weighted by Gasteiger charge is 2.25. The summed E-state index contributed by atoms with van der Waals surface area (Å²) in [6.45, 7) is 7.11. The first kappa shape index (κ1) is 16.1. The highest BCUT2D eigenvalue weighted by atomic mass is 16.6. The minimum absolute atomic E-state index is 0.0188. The van der Waals surface area contributed by atoms with Crippen molar-refractivity contribution in [1.29, 1.82) is 0 Å². The molecule has 0 aliphatic heterocycles. The number of benzene rings is 1. The van der Waals surface area contributed by atoms with Crippen LogP contribution in [0.4, 0.5) is 5.69 Å². The van der Waals surface area contributed by atoms with Crippen molar-refractivity contribution in [3.8, 4) is 0 Å². The minimum atomic E-state index is -1.02. The Labute approximate surface area is 118 Å². The van der Waals surface area contributed by atoms with E-state index >= 15 is 0 Å². The molecule has 1 amide bonds. The molecule has 0 fully saturated rings. The summed E-state index contributed by atoms with van der Waals surface area (Å²) in [5.74, 6) is -0.452. The van der Waals surface area contributed by atoms with Gasteiger partial charge in [-0.15, -0.1) is 0 Å². The van der Waals surface area contributed by atoms with Gasteiger partial charge >= 0.3 is 0 Å². The van der Waals surface area contributed by atoms with E-state index < -0.39 is 16.4 Å². The molecule has 0 spiro atoms. The Morgan fingerprint density at radius 1 is 1.45 bits per heavy atom. The number of nitro benzene ring substituents is 1. The standard InChI is InChI=1S/C14H20N2O4/c1-9(2)14(4,18)8-15-13(17)11-5-10(3)6-12(7-11)16(19)20/h5-7,9,18H,8H2,1-4H3,(H,15,17). The lowest BCUT2D eigenvalue weighted by atomic mass is 9.92. The fourth-order valence-electron chi connectivity index (χ4n) is 1.56. The summed E-state index contributed by atoms with van der Waals surface area (Å²) in [5.41, 5.74) is -0.284. The predicted octanol–water partition coefficient (Wildman–Crippen LogP) is 2.04.